The molecule has 0 bridgehead atoms. The monoisotopic (exact) mass is 265 g/mol. The van der Waals surface area contributed by atoms with E-state index in [-0.39, 0.29) is 5.82 Å². The van der Waals surface area contributed by atoms with Crippen molar-refractivity contribution in [1.29, 1.82) is 0 Å². The lowest BCUT2D eigenvalue weighted by molar-refractivity contribution is 0.236. The van der Waals surface area contributed by atoms with Gasteiger partial charge in [-0.15, -0.1) is 0 Å². The predicted octanol–water partition coefficient (Wildman–Crippen LogP) is 1.60. The van der Waals surface area contributed by atoms with E-state index in [0.717, 1.165) is 31.7 Å². The third-order valence-corrected chi connectivity index (χ3v) is 3.53. The highest BCUT2D eigenvalue weighted by Crippen LogP contribution is 2.02. The molecule has 2 rings (SSSR count). The second kappa shape index (κ2) is 8.25. The van der Waals surface area contributed by atoms with E-state index >= 15 is 0 Å². The van der Waals surface area contributed by atoms with Crippen LogP contribution in [0.1, 0.15) is 18.4 Å². The third kappa shape index (κ3) is 5.68. The summed E-state index contributed by atoms with van der Waals surface area (Å²) in [5.74, 6) is -0.167. The minimum atomic E-state index is -0.167. The summed E-state index contributed by atoms with van der Waals surface area (Å²) in [5, 5.41) is 6.77. The number of piperazine rings is 1. The minimum Gasteiger partial charge on any atom is -0.314 e. The molecule has 1 aliphatic rings. The SMILES string of the molecule is Fc1ccc(CNCCCCN2CCNCC2)cc1. The second-order valence-electron chi connectivity index (χ2n) is 5.10. The Morgan fingerprint density at radius 2 is 1.84 bits per heavy atom. The van der Waals surface area contributed by atoms with Crippen molar-refractivity contribution in [1.82, 2.24) is 15.5 Å². The maximum Gasteiger partial charge on any atom is 0.123 e. The molecule has 106 valence electrons. The zero-order chi connectivity index (χ0) is 13.3. The van der Waals surface area contributed by atoms with Crippen molar-refractivity contribution < 1.29 is 4.39 Å². The topological polar surface area (TPSA) is 27.3 Å². The summed E-state index contributed by atoms with van der Waals surface area (Å²) >= 11 is 0. The van der Waals surface area contributed by atoms with Gasteiger partial charge in [-0.1, -0.05) is 12.1 Å². The van der Waals surface area contributed by atoms with Gasteiger partial charge in [0, 0.05) is 32.7 Å². The van der Waals surface area contributed by atoms with Crippen molar-refractivity contribution in [2.75, 3.05) is 39.3 Å². The number of benzene rings is 1. The molecule has 0 aliphatic carbocycles. The number of rotatable bonds is 7. The summed E-state index contributed by atoms with van der Waals surface area (Å²) < 4.78 is 12.7. The summed E-state index contributed by atoms with van der Waals surface area (Å²) in [7, 11) is 0. The lowest BCUT2D eigenvalue weighted by Crippen LogP contribution is -2.43. The lowest BCUT2D eigenvalue weighted by Gasteiger charge is -2.27. The Kier molecular flexibility index (Phi) is 6.27. The summed E-state index contributed by atoms with van der Waals surface area (Å²) in [5.41, 5.74) is 1.14. The molecule has 2 N–H and O–H groups in total. The molecule has 0 amide bonds. The van der Waals surface area contributed by atoms with Crippen LogP contribution in [0.5, 0.6) is 0 Å². The van der Waals surface area contributed by atoms with Crippen LogP contribution < -0.4 is 10.6 Å². The first kappa shape index (κ1) is 14.4. The van der Waals surface area contributed by atoms with Gasteiger partial charge in [0.15, 0.2) is 0 Å². The standard InChI is InChI=1S/C15H24FN3/c16-15-5-3-14(4-6-15)13-18-7-1-2-10-19-11-8-17-9-12-19/h3-6,17-18H,1-2,7-13H2. The minimum absolute atomic E-state index is 0.167. The van der Waals surface area contributed by atoms with Gasteiger partial charge >= 0.3 is 0 Å². The first-order valence-electron chi connectivity index (χ1n) is 7.23. The molecule has 19 heavy (non-hydrogen) atoms. The van der Waals surface area contributed by atoms with E-state index in [2.05, 4.69) is 15.5 Å². The Bertz CT molecular complexity index is 347. The van der Waals surface area contributed by atoms with E-state index < -0.39 is 0 Å². The van der Waals surface area contributed by atoms with Crippen LogP contribution >= 0.6 is 0 Å². The second-order valence-corrected chi connectivity index (χ2v) is 5.10. The van der Waals surface area contributed by atoms with Crippen molar-refractivity contribution >= 4 is 0 Å². The third-order valence-electron chi connectivity index (χ3n) is 3.53. The van der Waals surface area contributed by atoms with Crippen LogP contribution in [0.2, 0.25) is 0 Å². The first-order chi connectivity index (χ1) is 9.34. The van der Waals surface area contributed by atoms with E-state index in [0.29, 0.717) is 0 Å². The smallest absolute Gasteiger partial charge is 0.123 e. The maximum absolute atomic E-state index is 12.7. The molecule has 0 aromatic heterocycles. The highest BCUT2D eigenvalue weighted by molar-refractivity contribution is 5.15. The number of nitrogens with zero attached hydrogens (tertiary/aromatic N) is 1. The van der Waals surface area contributed by atoms with E-state index in [1.807, 2.05) is 12.1 Å². The van der Waals surface area contributed by atoms with Gasteiger partial charge in [-0.05, 0) is 43.6 Å². The van der Waals surface area contributed by atoms with Gasteiger partial charge in [0.2, 0.25) is 0 Å². The number of hydrogen-bond donors (Lipinski definition) is 2. The van der Waals surface area contributed by atoms with E-state index in [9.17, 15) is 4.39 Å². The van der Waals surface area contributed by atoms with Crippen LogP contribution in [-0.2, 0) is 6.54 Å². The van der Waals surface area contributed by atoms with Gasteiger partial charge in [-0.3, -0.25) is 0 Å². The Morgan fingerprint density at radius 1 is 1.11 bits per heavy atom. The van der Waals surface area contributed by atoms with Gasteiger partial charge in [0.05, 0.1) is 0 Å². The van der Waals surface area contributed by atoms with E-state index in [1.165, 1.54) is 44.6 Å². The van der Waals surface area contributed by atoms with Crippen LogP contribution in [0.3, 0.4) is 0 Å². The first-order valence-corrected chi connectivity index (χ1v) is 7.23. The number of hydrogen-bond acceptors (Lipinski definition) is 3. The molecule has 0 saturated carbocycles. The van der Waals surface area contributed by atoms with E-state index in [1.54, 1.807) is 0 Å². The Morgan fingerprint density at radius 3 is 2.58 bits per heavy atom. The molecule has 1 fully saturated rings. The molecular formula is C15H24FN3. The molecule has 3 nitrogen and oxygen atoms in total. The van der Waals surface area contributed by atoms with E-state index in [4.69, 9.17) is 0 Å². The van der Waals surface area contributed by atoms with Crippen LogP contribution in [-0.4, -0.2) is 44.2 Å². The van der Waals surface area contributed by atoms with Crippen LogP contribution in [0.25, 0.3) is 0 Å². The summed E-state index contributed by atoms with van der Waals surface area (Å²) in [6, 6.07) is 6.70. The maximum atomic E-state index is 12.7. The summed E-state index contributed by atoms with van der Waals surface area (Å²) in [6.45, 7) is 7.69. The molecule has 4 heteroatoms. The van der Waals surface area contributed by atoms with Gasteiger partial charge in [0.25, 0.3) is 0 Å². The fraction of sp³-hybridized carbons (Fsp3) is 0.600. The molecule has 0 atom stereocenters. The lowest BCUT2D eigenvalue weighted by atomic mass is 10.2. The van der Waals surface area contributed by atoms with Crippen molar-refractivity contribution in [2.24, 2.45) is 0 Å². The van der Waals surface area contributed by atoms with Crippen molar-refractivity contribution in [3.63, 3.8) is 0 Å². The van der Waals surface area contributed by atoms with Crippen LogP contribution in [0, 0.1) is 5.82 Å². The Balaban J connectivity index is 1.49. The van der Waals surface area contributed by atoms with Gasteiger partial charge in [0.1, 0.15) is 5.82 Å². The average molecular weight is 265 g/mol. The van der Waals surface area contributed by atoms with Crippen LogP contribution in [0.15, 0.2) is 24.3 Å². The molecule has 0 radical (unpaired) electrons. The van der Waals surface area contributed by atoms with Crippen LogP contribution in [0.4, 0.5) is 4.39 Å². The zero-order valence-corrected chi connectivity index (χ0v) is 11.5. The fourth-order valence-corrected chi connectivity index (χ4v) is 2.36. The van der Waals surface area contributed by atoms with Gasteiger partial charge < -0.3 is 15.5 Å². The molecular weight excluding hydrogens is 241 g/mol. The quantitative estimate of drug-likeness (QED) is 0.733. The predicted molar refractivity (Wildman–Crippen MR) is 76.7 cm³/mol. The van der Waals surface area contributed by atoms with Crippen molar-refractivity contribution in [3.05, 3.63) is 35.6 Å². The Labute approximate surface area is 115 Å². The number of unbranched alkanes of at least 4 members (excludes halogenated alkanes) is 1. The van der Waals surface area contributed by atoms with Crippen molar-refractivity contribution in [2.45, 2.75) is 19.4 Å². The normalized spacial score (nSPS) is 16.7. The molecule has 0 unspecified atom stereocenters. The van der Waals surface area contributed by atoms with Gasteiger partial charge in [-0.2, -0.15) is 0 Å². The van der Waals surface area contributed by atoms with Gasteiger partial charge in [-0.25, -0.2) is 4.39 Å². The summed E-state index contributed by atoms with van der Waals surface area (Å²) in [6.07, 6.45) is 2.45. The largest absolute Gasteiger partial charge is 0.314 e. The molecule has 1 heterocycles. The average Bonchev–Trinajstić information content (AvgIpc) is 2.46. The molecule has 1 aromatic rings. The zero-order valence-electron chi connectivity index (χ0n) is 11.5. The molecule has 0 spiro atoms. The fourth-order valence-electron chi connectivity index (χ4n) is 2.36. The van der Waals surface area contributed by atoms with Crippen molar-refractivity contribution in [3.8, 4) is 0 Å². The molecule has 1 saturated heterocycles. The molecule has 1 aliphatic heterocycles. The Hall–Kier alpha value is -0.970. The number of halogens is 1. The highest BCUT2D eigenvalue weighted by atomic mass is 19.1. The number of nitrogens with one attached hydrogen (secondary N) is 2. The summed E-state index contributed by atoms with van der Waals surface area (Å²) in [4.78, 5) is 2.52. The highest BCUT2D eigenvalue weighted by Gasteiger charge is 2.07. The molecule has 1 aromatic carbocycles.